The monoisotopic (exact) mass is 444 g/mol. The molecule has 1 aliphatic heterocycles. The first-order valence-electron chi connectivity index (χ1n) is 10.2. The van der Waals surface area contributed by atoms with Gasteiger partial charge in [0.2, 0.25) is 5.82 Å². The SMILES string of the molecule is COCc1cc(Nc2nc(N3CCN(C(=O)O)C(C(C)(C)C)C3)ccc2[N+](=O)[O-])ccn1. The summed E-state index contributed by atoms with van der Waals surface area (Å²) in [7, 11) is 1.56. The third-order valence-electron chi connectivity index (χ3n) is 5.38. The fourth-order valence-corrected chi connectivity index (χ4v) is 3.74. The van der Waals surface area contributed by atoms with Crippen molar-refractivity contribution in [2.24, 2.45) is 5.41 Å². The predicted octanol–water partition coefficient (Wildman–Crippen LogP) is 3.49. The first-order valence-corrected chi connectivity index (χ1v) is 10.2. The topological polar surface area (TPSA) is 134 Å². The third kappa shape index (κ3) is 5.22. The Balaban J connectivity index is 1.91. The second kappa shape index (κ2) is 9.35. The quantitative estimate of drug-likeness (QED) is 0.507. The molecule has 172 valence electrons. The van der Waals surface area contributed by atoms with Gasteiger partial charge in [-0.2, -0.15) is 0 Å². The van der Waals surface area contributed by atoms with E-state index in [1.54, 1.807) is 31.5 Å². The van der Waals surface area contributed by atoms with Crippen LogP contribution in [0.2, 0.25) is 0 Å². The number of pyridine rings is 2. The van der Waals surface area contributed by atoms with Gasteiger partial charge in [-0.3, -0.25) is 15.1 Å². The number of aromatic nitrogens is 2. The molecule has 2 aromatic rings. The fourth-order valence-electron chi connectivity index (χ4n) is 3.74. The van der Waals surface area contributed by atoms with E-state index in [-0.39, 0.29) is 23.0 Å². The normalized spacial score (nSPS) is 16.7. The van der Waals surface area contributed by atoms with Crippen LogP contribution in [0.25, 0.3) is 0 Å². The summed E-state index contributed by atoms with van der Waals surface area (Å²) in [5, 5.41) is 24.2. The summed E-state index contributed by atoms with van der Waals surface area (Å²) in [4.78, 5) is 34.9. The summed E-state index contributed by atoms with van der Waals surface area (Å²) in [6.07, 6.45) is 0.638. The molecule has 1 fully saturated rings. The number of amides is 1. The van der Waals surface area contributed by atoms with Crippen LogP contribution < -0.4 is 10.2 Å². The highest BCUT2D eigenvalue weighted by Gasteiger charge is 2.38. The maximum absolute atomic E-state index is 11.7. The van der Waals surface area contributed by atoms with Crippen molar-refractivity contribution in [1.82, 2.24) is 14.9 Å². The highest BCUT2D eigenvalue weighted by atomic mass is 16.6. The lowest BCUT2D eigenvalue weighted by atomic mass is 9.84. The van der Waals surface area contributed by atoms with Crippen LogP contribution in [0.5, 0.6) is 0 Å². The van der Waals surface area contributed by atoms with E-state index in [1.807, 2.05) is 25.7 Å². The van der Waals surface area contributed by atoms with Gasteiger partial charge < -0.3 is 25.0 Å². The van der Waals surface area contributed by atoms with Crippen LogP contribution in [0.4, 0.5) is 27.8 Å². The van der Waals surface area contributed by atoms with Crippen molar-refractivity contribution in [2.45, 2.75) is 33.4 Å². The van der Waals surface area contributed by atoms with E-state index >= 15 is 0 Å². The van der Waals surface area contributed by atoms with E-state index in [9.17, 15) is 20.0 Å². The molecule has 0 saturated carbocycles. The Hall–Kier alpha value is -3.47. The summed E-state index contributed by atoms with van der Waals surface area (Å²) in [5.74, 6) is 0.651. The molecule has 1 saturated heterocycles. The molecule has 2 aromatic heterocycles. The van der Waals surface area contributed by atoms with Crippen LogP contribution in [0.3, 0.4) is 0 Å². The summed E-state index contributed by atoms with van der Waals surface area (Å²) in [6, 6.07) is 6.19. The van der Waals surface area contributed by atoms with Gasteiger partial charge in [-0.15, -0.1) is 0 Å². The zero-order valence-corrected chi connectivity index (χ0v) is 18.6. The molecule has 2 N–H and O–H groups in total. The van der Waals surface area contributed by atoms with E-state index in [2.05, 4.69) is 15.3 Å². The van der Waals surface area contributed by atoms with Gasteiger partial charge in [-0.1, -0.05) is 20.8 Å². The number of anilines is 3. The van der Waals surface area contributed by atoms with Crippen molar-refractivity contribution in [2.75, 3.05) is 37.0 Å². The maximum atomic E-state index is 11.7. The minimum atomic E-state index is -0.951. The smallest absolute Gasteiger partial charge is 0.407 e. The van der Waals surface area contributed by atoms with Gasteiger partial charge in [0.25, 0.3) is 0 Å². The number of carbonyl (C=O) groups is 1. The molecule has 0 bridgehead atoms. The van der Waals surface area contributed by atoms with Gasteiger partial charge in [0, 0.05) is 44.7 Å². The average Bonchev–Trinajstić information content (AvgIpc) is 2.73. The largest absolute Gasteiger partial charge is 0.465 e. The molecule has 1 aliphatic rings. The average molecular weight is 444 g/mol. The standard InChI is InChI=1S/C21H28N6O5/c1-21(2,3)17-12-25(9-10-26(17)20(28)29)18-6-5-16(27(30)31)19(24-18)23-14-7-8-22-15(11-14)13-32-4/h5-8,11,17H,9-10,12-13H2,1-4H3,(H,28,29)(H,22,23,24). The van der Waals surface area contributed by atoms with Gasteiger partial charge in [-0.25, -0.2) is 9.78 Å². The van der Waals surface area contributed by atoms with Crippen molar-refractivity contribution >= 4 is 29.1 Å². The molecule has 0 aromatic carbocycles. The molecule has 1 atom stereocenters. The van der Waals surface area contributed by atoms with E-state index < -0.39 is 11.0 Å². The number of ether oxygens (including phenoxy) is 1. The van der Waals surface area contributed by atoms with Crippen molar-refractivity contribution in [3.05, 3.63) is 46.3 Å². The van der Waals surface area contributed by atoms with Gasteiger partial charge in [0.05, 0.1) is 23.3 Å². The van der Waals surface area contributed by atoms with Gasteiger partial charge >= 0.3 is 11.8 Å². The van der Waals surface area contributed by atoms with Gasteiger partial charge in [0.1, 0.15) is 5.82 Å². The summed E-state index contributed by atoms with van der Waals surface area (Å²) in [5.41, 5.74) is 0.834. The second-order valence-electron chi connectivity index (χ2n) is 8.69. The molecule has 1 unspecified atom stereocenters. The Morgan fingerprint density at radius 1 is 1.34 bits per heavy atom. The molecule has 3 rings (SSSR count). The number of carboxylic acid groups (broad SMARTS) is 1. The van der Waals surface area contributed by atoms with E-state index in [0.29, 0.717) is 43.4 Å². The molecular formula is C21H28N6O5. The third-order valence-corrected chi connectivity index (χ3v) is 5.38. The lowest BCUT2D eigenvalue weighted by Crippen LogP contribution is -2.59. The highest BCUT2D eigenvalue weighted by molar-refractivity contribution is 5.69. The summed E-state index contributed by atoms with van der Waals surface area (Å²) < 4.78 is 5.09. The van der Waals surface area contributed by atoms with Crippen molar-refractivity contribution < 1.29 is 19.6 Å². The minimum Gasteiger partial charge on any atom is -0.465 e. The van der Waals surface area contributed by atoms with Crippen molar-refractivity contribution in [3.63, 3.8) is 0 Å². The maximum Gasteiger partial charge on any atom is 0.407 e. The second-order valence-corrected chi connectivity index (χ2v) is 8.69. The van der Waals surface area contributed by atoms with Crippen LogP contribution in [0.15, 0.2) is 30.5 Å². The fraction of sp³-hybridized carbons (Fsp3) is 0.476. The molecule has 0 aliphatic carbocycles. The summed E-state index contributed by atoms with van der Waals surface area (Å²) in [6.45, 7) is 7.50. The Morgan fingerprint density at radius 3 is 2.72 bits per heavy atom. The Morgan fingerprint density at radius 2 is 2.09 bits per heavy atom. The van der Waals surface area contributed by atoms with Crippen LogP contribution in [-0.2, 0) is 11.3 Å². The first-order chi connectivity index (χ1) is 15.1. The minimum absolute atomic E-state index is 0.107. The van der Waals surface area contributed by atoms with E-state index in [4.69, 9.17) is 4.74 Å². The Labute approximate surface area is 186 Å². The van der Waals surface area contributed by atoms with Crippen LogP contribution in [0, 0.1) is 15.5 Å². The Bertz CT molecular complexity index is 993. The van der Waals surface area contributed by atoms with Crippen LogP contribution in [-0.4, -0.2) is 63.8 Å². The lowest BCUT2D eigenvalue weighted by molar-refractivity contribution is -0.384. The number of nitrogens with zero attached hydrogens (tertiary/aromatic N) is 5. The number of rotatable bonds is 6. The molecule has 0 radical (unpaired) electrons. The number of nitro groups is 1. The molecule has 11 heteroatoms. The van der Waals surface area contributed by atoms with Crippen LogP contribution in [0.1, 0.15) is 26.5 Å². The number of hydrogen-bond acceptors (Lipinski definition) is 8. The summed E-state index contributed by atoms with van der Waals surface area (Å²) >= 11 is 0. The molecule has 11 nitrogen and oxygen atoms in total. The number of piperazine rings is 1. The van der Waals surface area contributed by atoms with Gasteiger partial charge in [-0.05, 0) is 23.6 Å². The van der Waals surface area contributed by atoms with Gasteiger partial charge in [0.15, 0.2) is 0 Å². The lowest BCUT2D eigenvalue weighted by Gasteiger charge is -2.46. The van der Waals surface area contributed by atoms with Crippen molar-refractivity contribution in [3.8, 4) is 0 Å². The predicted molar refractivity (Wildman–Crippen MR) is 119 cm³/mol. The molecule has 1 amide bonds. The number of hydrogen-bond donors (Lipinski definition) is 2. The molecule has 3 heterocycles. The first kappa shape index (κ1) is 23.2. The zero-order valence-electron chi connectivity index (χ0n) is 18.6. The van der Waals surface area contributed by atoms with Crippen molar-refractivity contribution in [1.29, 1.82) is 0 Å². The highest BCUT2D eigenvalue weighted by Crippen LogP contribution is 2.32. The zero-order chi connectivity index (χ0) is 23.5. The number of methoxy groups -OCH3 is 1. The molecular weight excluding hydrogens is 416 g/mol. The van der Waals surface area contributed by atoms with E-state index in [1.165, 1.54) is 11.0 Å². The van der Waals surface area contributed by atoms with Crippen LogP contribution >= 0.6 is 0 Å². The Kier molecular flexibility index (Phi) is 6.78. The number of nitrogens with one attached hydrogen (secondary N) is 1. The van der Waals surface area contributed by atoms with E-state index in [0.717, 1.165) is 0 Å². The molecule has 32 heavy (non-hydrogen) atoms. The molecule has 0 spiro atoms.